The molecule has 0 radical (unpaired) electrons. The number of nitrogens with zero attached hydrogens (tertiary/aromatic N) is 3. The fraction of sp³-hybridized carbons (Fsp3) is 0.400. The number of hydrogen-bond donors (Lipinski definition) is 0. The van der Waals surface area contributed by atoms with Gasteiger partial charge in [0, 0.05) is 38.1 Å². The van der Waals surface area contributed by atoms with E-state index in [-0.39, 0.29) is 24.4 Å². The number of aromatic nitrogens is 1. The zero-order valence-electron chi connectivity index (χ0n) is 21.5. The normalized spacial score (nSPS) is 13.9. The number of hydrogen-bond acceptors (Lipinski definition) is 3. The molecule has 0 aliphatic heterocycles. The summed E-state index contributed by atoms with van der Waals surface area (Å²) >= 11 is 6.32. The molecule has 2 amide bonds. The Labute approximate surface area is 224 Å². The number of benzene rings is 2. The van der Waals surface area contributed by atoms with Crippen LogP contribution >= 0.6 is 11.6 Å². The van der Waals surface area contributed by atoms with Gasteiger partial charge >= 0.3 is 0 Å². The number of ether oxygens (including phenoxy) is 1. The van der Waals surface area contributed by atoms with Gasteiger partial charge in [-0.3, -0.25) is 9.59 Å². The predicted molar refractivity (Wildman–Crippen MR) is 147 cm³/mol. The molecule has 1 heterocycles. The van der Waals surface area contributed by atoms with Crippen molar-refractivity contribution in [2.24, 2.45) is 0 Å². The lowest BCUT2D eigenvalue weighted by Gasteiger charge is -2.36. The van der Waals surface area contributed by atoms with E-state index in [1.54, 1.807) is 36.3 Å². The molecule has 2 aromatic carbocycles. The topological polar surface area (TPSA) is 54.8 Å². The monoisotopic (exact) mass is 521 g/mol. The van der Waals surface area contributed by atoms with Crippen LogP contribution in [0.3, 0.4) is 0 Å². The Bertz CT molecular complexity index is 1160. The first kappa shape index (κ1) is 27.0. The number of rotatable bonds is 11. The van der Waals surface area contributed by atoms with E-state index in [0.29, 0.717) is 30.3 Å². The molecule has 0 spiro atoms. The molecule has 1 aliphatic carbocycles. The van der Waals surface area contributed by atoms with Crippen LogP contribution in [0.2, 0.25) is 5.02 Å². The number of halogens is 1. The van der Waals surface area contributed by atoms with E-state index in [2.05, 4.69) is 29.0 Å². The SMILES string of the molecule is COCCN(CC(=O)N(Cc1cccn1Cc1ccccc1)C1CCCCC1)C(=O)c1ccccc1Cl. The first-order valence-electron chi connectivity index (χ1n) is 13.1. The standard InChI is InChI=1S/C30H36ClN3O3/c1-37-20-19-33(30(36)27-16-8-9-17-28(27)31)23-29(35)34(25-13-6-3-7-14-25)22-26-15-10-18-32(26)21-24-11-4-2-5-12-24/h2,4-5,8-12,15-18,25H,3,6-7,13-14,19-23H2,1H3. The number of carbonyl (C=O) groups excluding carboxylic acids is 2. The lowest BCUT2D eigenvalue weighted by Crippen LogP contribution is -2.48. The van der Waals surface area contributed by atoms with Crippen molar-refractivity contribution in [3.8, 4) is 0 Å². The Morgan fingerprint density at radius 3 is 2.43 bits per heavy atom. The highest BCUT2D eigenvalue weighted by atomic mass is 35.5. The minimum atomic E-state index is -0.257. The molecule has 0 unspecified atom stereocenters. The highest BCUT2D eigenvalue weighted by Gasteiger charge is 2.29. The van der Waals surface area contributed by atoms with Gasteiger partial charge in [-0.2, -0.15) is 0 Å². The molecule has 6 nitrogen and oxygen atoms in total. The minimum absolute atomic E-state index is 0.0106. The van der Waals surface area contributed by atoms with Gasteiger partial charge < -0.3 is 19.1 Å². The molecule has 1 aromatic heterocycles. The lowest BCUT2D eigenvalue weighted by molar-refractivity contribution is -0.135. The first-order valence-corrected chi connectivity index (χ1v) is 13.4. The van der Waals surface area contributed by atoms with E-state index in [4.69, 9.17) is 16.3 Å². The predicted octanol–water partition coefficient (Wildman–Crippen LogP) is 5.64. The first-order chi connectivity index (χ1) is 18.1. The second kappa shape index (κ2) is 13.5. The van der Waals surface area contributed by atoms with E-state index in [9.17, 15) is 9.59 Å². The zero-order chi connectivity index (χ0) is 26.0. The van der Waals surface area contributed by atoms with Gasteiger partial charge in [0.2, 0.25) is 5.91 Å². The van der Waals surface area contributed by atoms with E-state index in [0.717, 1.165) is 37.9 Å². The molecule has 1 aliphatic rings. The van der Waals surface area contributed by atoms with Gasteiger partial charge in [-0.1, -0.05) is 73.3 Å². The molecule has 3 aromatic rings. The second-order valence-corrected chi connectivity index (χ2v) is 10.0. The Kier molecular flexibility index (Phi) is 9.80. The molecule has 7 heteroatoms. The van der Waals surface area contributed by atoms with Crippen LogP contribution in [0.25, 0.3) is 0 Å². The van der Waals surface area contributed by atoms with Gasteiger partial charge in [0.25, 0.3) is 5.91 Å². The molecule has 0 N–H and O–H groups in total. The molecule has 1 fully saturated rings. The summed E-state index contributed by atoms with van der Waals surface area (Å²) in [4.78, 5) is 30.8. The number of amides is 2. The van der Waals surface area contributed by atoms with E-state index in [1.165, 1.54) is 12.0 Å². The fourth-order valence-corrected chi connectivity index (χ4v) is 5.25. The summed E-state index contributed by atoms with van der Waals surface area (Å²) in [5.41, 5.74) is 2.70. The van der Waals surface area contributed by atoms with Crippen molar-refractivity contribution < 1.29 is 14.3 Å². The van der Waals surface area contributed by atoms with Crippen LogP contribution in [-0.4, -0.2) is 59.0 Å². The molecule has 196 valence electrons. The maximum atomic E-state index is 13.9. The fourth-order valence-electron chi connectivity index (χ4n) is 5.03. The van der Waals surface area contributed by atoms with Gasteiger partial charge in [-0.25, -0.2) is 0 Å². The van der Waals surface area contributed by atoms with Gasteiger partial charge in [-0.05, 0) is 42.7 Å². The van der Waals surface area contributed by atoms with E-state index in [1.807, 2.05) is 29.2 Å². The third kappa shape index (κ3) is 7.24. The number of methoxy groups -OCH3 is 1. The van der Waals surface area contributed by atoms with Crippen LogP contribution < -0.4 is 0 Å². The summed E-state index contributed by atoms with van der Waals surface area (Å²) in [6.45, 7) is 1.91. The van der Waals surface area contributed by atoms with Crippen molar-refractivity contribution in [3.63, 3.8) is 0 Å². The molecule has 4 rings (SSSR count). The Balaban J connectivity index is 1.55. The number of carbonyl (C=O) groups is 2. The highest BCUT2D eigenvalue weighted by Crippen LogP contribution is 2.25. The molecular formula is C30H36ClN3O3. The van der Waals surface area contributed by atoms with Crippen molar-refractivity contribution in [1.82, 2.24) is 14.4 Å². The third-order valence-corrected chi connectivity index (χ3v) is 7.40. The van der Waals surface area contributed by atoms with Crippen LogP contribution in [0, 0.1) is 0 Å². The van der Waals surface area contributed by atoms with Crippen LogP contribution in [0.5, 0.6) is 0 Å². The summed E-state index contributed by atoms with van der Waals surface area (Å²) in [5.74, 6) is -0.303. The molecule has 0 atom stereocenters. The van der Waals surface area contributed by atoms with Gasteiger partial charge in [0.05, 0.1) is 23.7 Å². The Morgan fingerprint density at radius 1 is 0.973 bits per heavy atom. The third-order valence-electron chi connectivity index (χ3n) is 7.07. The Morgan fingerprint density at radius 2 is 1.70 bits per heavy atom. The van der Waals surface area contributed by atoms with Crippen LogP contribution in [-0.2, 0) is 22.6 Å². The minimum Gasteiger partial charge on any atom is -0.383 e. The maximum Gasteiger partial charge on any atom is 0.255 e. The van der Waals surface area contributed by atoms with Gasteiger partial charge in [0.1, 0.15) is 6.54 Å². The average Bonchev–Trinajstić information content (AvgIpc) is 3.36. The zero-order valence-corrected chi connectivity index (χ0v) is 22.3. The van der Waals surface area contributed by atoms with Crippen LogP contribution in [0.15, 0.2) is 72.9 Å². The largest absolute Gasteiger partial charge is 0.383 e. The van der Waals surface area contributed by atoms with Gasteiger partial charge in [0.15, 0.2) is 0 Å². The summed E-state index contributed by atoms with van der Waals surface area (Å²) in [6.07, 6.45) is 7.48. The molecule has 1 saturated carbocycles. The smallest absolute Gasteiger partial charge is 0.255 e. The summed E-state index contributed by atoms with van der Waals surface area (Å²) in [7, 11) is 1.59. The van der Waals surface area contributed by atoms with Crippen molar-refractivity contribution in [3.05, 3.63) is 94.8 Å². The average molecular weight is 522 g/mol. The maximum absolute atomic E-state index is 13.9. The molecular weight excluding hydrogens is 486 g/mol. The molecule has 37 heavy (non-hydrogen) atoms. The van der Waals surface area contributed by atoms with E-state index < -0.39 is 0 Å². The second-order valence-electron chi connectivity index (χ2n) is 9.63. The van der Waals surface area contributed by atoms with Gasteiger partial charge in [-0.15, -0.1) is 0 Å². The highest BCUT2D eigenvalue weighted by molar-refractivity contribution is 6.33. The van der Waals surface area contributed by atoms with Crippen LogP contribution in [0.1, 0.15) is 53.7 Å². The molecule has 0 saturated heterocycles. The summed E-state index contributed by atoms with van der Waals surface area (Å²) < 4.78 is 7.45. The van der Waals surface area contributed by atoms with Crippen molar-refractivity contribution in [2.45, 2.75) is 51.2 Å². The Hall–Kier alpha value is -3.09. The lowest BCUT2D eigenvalue weighted by atomic mass is 9.94. The summed E-state index contributed by atoms with van der Waals surface area (Å²) in [6, 6.07) is 21.6. The van der Waals surface area contributed by atoms with Crippen LogP contribution in [0.4, 0.5) is 0 Å². The molecule has 0 bridgehead atoms. The quantitative estimate of drug-likeness (QED) is 0.328. The summed E-state index contributed by atoms with van der Waals surface area (Å²) in [5, 5.41) is 0.380. The van der Waals surface area contributed by atoms with Crippen molar-refractivity contribution in [2.75, 3.05) is 26.8 Å². The van der Waals surface area contributed by atoms with Crippen molar-refractivity contribution in [1.29, 1.82) is 0 Å². The van der Waals surface area contributed by atoms with Crippen molar-refractivity contribution >= 4 is 23.4 Å². The van der Waals surface area contributed by atoms with E-state index >= 15 is 0 Å².